The Morgan fingerprint density at radius 1 is 1.07 bits per heavy atom. The Balaban J connectivity index is 1.82. The van der Waals surface area contributed by atoms with E-state index in [0.717, 1.165) is 27.0 Å². The molecule has 0 unspecified atom stereocenters. The second-order valence-electron chi connectivity index (χ2n) is 6.60. The number of halogens is 1. The zero-order valence-corrected chi connectivity index (χ0v) is 17.1. The smallest absolute Gasteiger partial charge is 0.260 e. The molecule has 0 aliphatic heterocycles. The van der Waals surface area contributed by atoms with Crippen molar-refractivity contribution in [3.63, 3.8) is 0 Å². The van der Waals surface area contributed by atoms with E-state index in [1.807, 2.05) is 25.1 Å². The molecule has 0 aliphatic rings. The zero-order chi connectivity index (χ0) is 19.7. The third-order valence-electron chi connectivity index (χ3n) is 4.52. The molecule has 2 heterocycles. The van der Waals surface area contributed by atoms with Crippen LogP contribution in [0.3, 0.4) is 0 Å². The molecule has 4 rings (SSSR count). The molecule has 0 saturated carbocycles. The zero-order valence-electron chi connectivity index (χ0n) is 15.5. The summed E-state index contributed by atoms with van der Waals surface area (Å²) in [6.07, 6.45) is 1.73. The topological polar surface area (TPSA) is 46.1 Å². The first-order valence-corrected chi connectivity index (χ1v) is 10.1. The van der Waals surface area contributed by atoms with E-state index in [-0.39, 0.29) is 5.91 Å². The van der Waals surface area contributed by atoms with Crippen molar-refractivity contribution in [3.05, 3.63) is 88.2 Å². The van der Waals surface area contributed by atoms with Gasteiger partial charge in [0.05, 0.1) is 22.5 Å². The highest BCUT2D eigenvalue weighted by atomic mass is 35.5. The fourth-order valence-corrected chi connectivity index (χ4v) is 4.32. The minimum atomic E-state index is -0.150. The number of aromatic nitrogens is 2. The second-order valence-corrected chi connectivity index (χ2v) is 8.01. The molecule has 0 atom stereocenters. The number of carbonyl (C=O) groups is 1. The van der Waals surface area contributed by atoms with Crippen LogP contribution in [0.2, 0.25) is 5.02 Å². The summed E-state index contributed by atoms with van der Waals surface area (Å²) in [5.74, 6) is -0.150. The van der Waals surface area contributed by atoms with E-state index < -0.39 is 0 Å². The molecular weight excluding hydrogens is 390 g/mol. The quantitative estimate of drug-likeness (QED) is 0.429. The average molecular weight is 408 g/mol. The number of benzene rings is 2. The Bertz CT molecular complexity index is 1120. The van der Waals surface area contributed by atoms with Gasteiger partial charge < -0.3 is 0 Å². The third kappa shape index (κ3) is 3.63. The Kier molecular flexibility index (Phi) is 5.11. The minimum Gasteiger partial charge on any atom is -0.278 e. The van der Waals surface area contributed by atoms with Crippen LogP contribution in [0.5, 0.6) is 0 Å². The van der Waals surface area contributed by atoms with Crippen LogP contribution in [0.1, 0.15) is 27.2 Å². The van der Waals surface area contributed by atoms with Crippen LogP contribution in [0.4, 0.5) is 5.13 Å². The van der Waals surface area contributed by atoms with Crippen molar-refractivity contribution in [2.75, 3.05) is 4.90 Å². The molecular formula is C22H18ClN3OS. The predicted molar refractivity (Wildman–Crippen MR) is 115 cm³/mol. The molecule has 0 spiro atoms. The Morgan fingerprint density at radius 3 is 2.61 bits per heavy atom. The molecule has 4 nitrogen and oxygen atoms in total. The highest BCUT2D eigenvalue weighted by Gasteiger charge is 2.23. The van der Waals surface area contributed by atoms with E-state index in [2.05, 4.69) is 24.0 Å². The number of carbonyl (C=O) groups excluding carboxylic acids is 1. The van der Waals surface area contributed by atoms with Gasteiger partial charge in [0.25, 0.3) is 5.91 Å². The van der Waals surface area contributed by atoms with Gasteiger partial charge >= 0.3 is 0 Å². The molecule has 6 heteroatoms. The molecule has 28 heavy (non-hydrogen) atoms. The molecule has 2 aromatic carbocycles. The van der Waals surface area contributed by atoms with Crippen LogP contribution < -0.4 is 4.90 Å². The molecule has 1 amide bonds. The van der Waals surface area contributed by atoms with Gasteiger partial charge in [0.1, 0.15) is 0 Å². The highest BCUT2D eigenvalue weighted by molar-refractivity contribution is 7.22. The second kappa shape index (κ2) is 7.70. The Morgan fingerprint density at radius 2 is 1.89 bits per heavy atom. The Labute approximate surface area is 172 Å². The number of pyridine rings is 1. The number of hydrogen-bond donors (Lipinski definition) is 0. The Hall–Kier alpha value is -2.76. The van der Waals surface area contributed by atoms with Gasteiger partial charge in [-0.05, 0) is 55.3 Å². The van der Waals surface area contributed by atoms with Crippen molar-refractivity contribution in [2.45, 2.75) is 20.4 Å². The number of anilines is 1. The summed E-state index contributed by atoms with van der Waals surface area (Å²) >= 11 is 7.64. The van der Waals surface area contributed by atoms with Gasteiger partial charge in [0, 0.05) is 16.8 Å². The van der Waals surface area contributed by atoms with Crippen LogP contribution in [0, 0.1) is 13.8 Å². The summed E-state index contributed by atoms with van der Waals surface area (Å²) < 4.78 is 1.10. The fraction of sp³-hybridized carbons (Fsp3) is 0.136. The molecule has 2 aromatic heterocycles. The maximum absolute atomic E-state index is 13.4. The number of fused-ring (bicyclic) bond motifs is 1. The van der Waals surface area contributed by atoms with Crippen LogP contribution >= 0.6 is 22.9 Å². The molecule has 4 aromatic rings. The summed E-state index contributed by atoms with van der Waals surface area (Å²) in [7, 11) is 0. The van der Waals surface area contributed by atoms with Crippen molar-refractivity contribution in [1.29, 1.82) is 0 Å². The van der Waals surface area contributed by atoms with Crippen molar-refractivity contribution in [3.8, 4) is 0 Å². The van der Waals surface area contributed by atoms with E-state index in [1.165, 1.54) is 11.3 Å². The summed E-state index contributed by atoms with van der Waals surface area (Å²) in [5.41, 5.74) is 4.50. The van der Waals surface area contributed by atoms with E-state index >= 15 is 0 Å². The first-order chi connectivity index (χ1) is 13.5. The van der Waals surface area contributed by atoms with Gasteiger partial charge in [-0.15, -0.1) is 0 Å². The van der Waals surface area contributed by atoms with Crippen LogP contribution in [-0.2, 0) is 6.54 Å². The molecule has 0 aliphatic carbocycles. The van der Waals surface area contributed by atoms with Gasteiger partial charge in [0.2, 0.25) is 0 Å². The van der Waals surface area contributed by atoms with E-state index in [0.29, 0.717) is 22.3 Å². The first kappa shape index (κ1) is 18.6. The molecule has 0 saturated heterocycles. The van der Waals surface area contributed by atoms with Crippen molar-refractivity contribution < 1.29 is 4.79 Å². The average Bonchev–Trinajstić information content (AvgIpc) is 3.16. The lowest BCUT2D eigenvalue weighted by atomic mass is 10.1. The molecule has 0 N–H and O–H groups in total. The summed E-state index contributed by atoms with van der Waals surface area (Å²) in [6.45, 7) is 4.43. The molecule has 0 fully saturated rings. The maximum atomic E-state index is 13.4. The third-order valence-corrected chi connectivity index (χ3v) is 5.97. The molecule has 0 bridgehead atoms. The minimum absolute atomic E-state index is 0.150. The van der Waals surface area contributed by atoms with Crippen LogP contribution in [-0.4, -0.2) is 15.9 Å². The number of thiazole rings is 1. The summed E-state index contributed by atoms with van der Waals surface area (Å²) in [5, 5.41) is 1.18. The van der Waals surface area contributed by atoms with Crippen molar-refractivity contribution >= 4 is 44.2 Å². The van der Waals surface area contributed by atoms with E-state index in [9.17, 15) is 4.79 Å². The lowest BCUT2D eigenvalue weighted by molar-refractivity contribution is 0.0985. The van der Waals surface area contributed by atoms with Crippen molar-refractivity contribution in [1.82, 2.24) is 9.97 Å². The summed E-state index contributed by atoms with van der Waals surface area (Å²) in [6, 6.07) is 16.8. The van der Waals surface area contributed by atoms with E-state index in [4.69, 9.17) is 16.6 Å². The number of hydrogen-bond acceptors (Lipinski definition) is 4. The SMILES string of the molecule is Cc1ccc(C)c2sc(N(Cc3ccccn3)C(=O)c3cccc(Cl)c3)nc12. The summed E-state index contributed by atoms with van der Waals surface area (Å²) in [4.78, 5) is 24.2. The lowest BCUT2D eigenvalue weighted by Gasteiger charge is -2.19. The number of amides is 1. The van der Waals surface area contributed by atoms with Gasteiger partial charge in [-0.2, -0.15) is 0 Å². The van der Waals surface area contributed by atoms with Crippen molar-refractivity contribution in [2.24, 2.45) is 0 Å². The number of nitrogens with zero attached hydrogens (tertiary/aromatic N) is 3. The maximum Gasteiger partial charge on any atom is 0.260 e. The van der Waals surface area contributed by atoms with Gasteiger partial charge in [-0.3, -0.25) is 14.7 Å². The standard InChI is InChI=1S/C22H18ClN3OS/c1-14-9-10-15(2)20-19(14)25-22(28-20)26(13-18-8-3-4-11-24-18)21(27)16-6-5-7-17(23)12-16/h3-12H,13H2,1-2H3. The first-order valence-electron chi connectivity index (χ1n) is 8.87. The van der Waals surface area contributed by atoms with Gasteiger partial charge in [0.15, 0.2) is 5.13 Å². The van der Waals surface area contributed by atoms with Crippen LogP contribution in [0.25, 0.3) is 10.2 Å². The van der Waals surface area contributed by atoms with Gasteiger partial charge in [-0.1, -0.05) is 47.2 Å². The molecule has 140 valence electrons. The largest absolute Gasteiger partial charge is 0.278 e. The van der Waals surface area contributed by atoms with Gasteiger partial charge in [-0.25, -0.2) is 4.98 Å². The monoisotopic (exact) mass is 407 g/mol. The highest BCUT2D eigenvalue weighted by Crippen LogP contribution is 2.34. The number of rotatable bonds is 4. The lowest BCUT2D eigenvalue weighted by Crippen LogP contribution is -2.30. The van der Waals surface area contributed by atoms with E-state index in [1.54, 1.807) is 35.4 Å². The van der Waals surface area contributed by atoms with Crippen LogP contribution in [0.15, 0.2) is 60.8 Å². The number of aryl methyl sites for hydroxylation is 2. The fourth-order valence-electron chi connectivity index (χ4n) is 3.02. The predicted octanol–water partition coefficient (Wildman–Crippen LogP) is 5.81. The molecule has 0 radical (unpaired) electrons. The normalized spacial score (nSPS) is 11.0.